The van der Waals surface area contributed by atoms with Crippen molar-refractivity contribution in [2.24, 2.45) is 17.8 Å². The number of urea groups is 1. The molecule has 4 fully saturated rings. The molecule has 0 spiro atoms. The van der Waals surface area contributed by atoms with Gasteiger partial charge in [-0.2, -0.15) is 0 Å². The summed E-state index contributed by atoms with van der Waals surface area (Å²) in [5.74, 6) is 2.62. The van der Waals surface area contributed by atoms with E-state index in [1.165, 1.54) is 38.5 Å². The average Bonchev–Trinajstić information content (AvgIpc) is 2.78. The van der Waals surface area contributed by atoms with Gasteiger partial charge in [0.25, 0.3) is 0 Å². The molecule has 0 heterocycles. The Bertz CT molecular complexity index is 428. The third kappa shape index (κ3) is 2.09. The molecule has 0 aliphatic heterocycles. The van der Waals surface area contributed by atoms with E-state index < -0.39 is 0 Å². The lowest BCUT2D eigenvalue weighted by Gasteiger charge is -2.56. The maximum atomic E-state index is 12.2. The minimum Gasteiger partial charge on any atom is -0.332 e. The van der Waals surface area contributed by atoms with Gasteiger partial charge in [0, 0.05) is 17.7 Å². The van der Waals surface area contributed by atoms with Crippen molar-refractivity contribution in [1.29, 1.82) is 0 Å². The molecule has 0 aromatic carbocycles. The maximum absolute atomic E-state index is 12.2. The van der Waals surface area contributed by atoms with Crippen molar-refractivity contribution in [3.63, 3.8) is 0 Å². The number of rotatable bonds is 2. The summed E-state index contributed by atoms with van der Waals surface area (Å²) in [7, 11) is 0. The summed E-state index contributed by atoms with van der Waals surface area (Å²) < 4.78 is 0. The van der Waals surface area contributed by atoms with Crippen molar-refractivity contribution in [2.45, 2.75) is 50.5 Å². The van der Waals surface area contributed by atoms with Gasteiger partial charge in [-0.25, -0.2) is 4.79 Å². The average molecular weight is 258 g/mol. The molecule has 0 saturated heterocycles. The highest BCUT2D eigenvalue weighted by atomic mass is 16.2. The van der Waals surface area contributed by atoms with Crippen molar-refractivity contribution in [1.82, 2.24) is 10.6 Å². The van der Waals surface area contributed by atoms with Crippen molar-refractivity contribution in [2.75, 3.05) is 0 Å². The lowest BCUT2D eigenvalue weighted by Crippen LogP contribution is -2.61. The first-order valence-corrected chi connectivity index (χ1v) is 7.66. The number of hydrogen-bond donors (Lipinski definition) is 2. The van der Waals surface area contributed by atoms with Gasteiger partial charge in [-0.1, -0.05) is 12.2 Å². The van der Waals surface area contributed by atoms with Crippen LogP contribution in [0.5, 0.6) is 0 Å². The highest BCUT2D eigenvalue weighted by Crippen LogP contribution is 2.55. The Hall–Kier alpha value is -1.25. The topological polar surface area (TPSA) is 41.1 Å². The van der Waals surface area contributed by atoms with Gasteiger partial charge in [0.05, 0.1) is 0 Å². The number of carbonyl (C=O) groups is 1. The molecule has 0 aromatic heterocycles. The van der Waals surface area contributed by atoms with Crippen LogP contribution in [0, 0.1) is 17.8 Å². The van der Waals surface area contributed by atoms with Crippen LogP contribution in [0.1, 0.15) is 44.9 Å². The Morgan fingerprint density at radius 1 is 1.11 bits per heavy atom. The van der Waals surface area contributed by atoms with Crippen LogP contribution in [0.15, 0.2) is 23.9 Å². The van der Waals surface area contributed by atoms with E-state index in [0.29, 0.717) is 0 Å². The summed E-state index contributed by atoms with van der Waals surface area (Å²) in [6.07, 6.45) is 14.8. The Labute approximate surface area is 114 Å². The van der Waals surface area contributed by atoms with E-state index in [0.717, 1.165) is 29.9 Å². The zero-order chi connectivity index (χ0) is 12.9. The van der Waals surface area contributed by atoms with Crippen LogP contribution < -0.4 is 10.6 Å². The fraction of sp³-hybridized carbons (Fsp3) is 0.688. The molecule has 4 bridgehead atoms. The quantitative estimate of drug-likeness (QED) is 0.785. The zero-order valence-electron chi connectivity index (χ0n) is 11.3. The molecular formula is C16H22N2O. The predicted octanol–water partition coefficient (Wildman–Crippen LogP) is 3.10. The minimum absolute atomic E-state index is 0.0110. The summed E-state index contributed by atoms with van der Waals surface area (Å²) in [6, 6.07) is 0.0110. The normalized spacial score (nSPS) is 42.3. The molecule has 5 rings (SSSR count). The van der Waals surface area contributed by atoms with Crippen molar-refractivity contribution in [3.8, 4) is 0 Å². The molecule has 2 amide bonds. The minimum atomic E-state index is 0.0110. The third-order valence-electron chi connectivity index (χ3n) is 5.46. The molecule has 5 aliphatic carbocycles. The Kier molecular flexibility index (Phi) is 2.51. The molecule has 3 nitrogen and oxygen atoms in total. The van der Waals surface area contributed by atoms with Crippen molar-refractivity contribution >= 4 is 6.03 Å². The molecule has 2 N–H and O–H groups in total. The first kappa shape index (κ1) is 11.6. The molecule has 102 valence electrons. The second kappa shape index (κ2) is 4.12. The molecule has 5 aliphatic rings. The molecule has 0 radical (unpaired) electrons. The van der Waals surface area contributed by atoms with Crippen LogP contribution in [-0.4, -0.2) is 11.6 Å². The van der Waals surface area contributed by atoms with Crippen LogP contribution >= 0.6 is 0 Å². The van der Waals surface area contributed by atoms with Crippen LogP contribution in [-0.2, 0) is 0 Å². The van der Waals surface area contributed by atoms with Gasteiger partial charge in [0.15, 0.2) is 0 Å². The lowest BCUT2D eigenvalue weighted by molar-refractivity contribution is -0.0133. The van der Waals surface area contributed by atoms with Gasteiger partial charge in [-0.05, 0) is 62.4 Å². The van der Waals surface area contributed by atoms with Gasteiger partial charge in [-0.15, -0.1) is 0 Å². The highest BCUT2D eigenvalue weighted by molar-refractivity contribution is 5.77. The summed E-state index contributed by atoms with van der Waals surface area (Å²) in [6.45, 7) is 0. The second-order valence-electron chi connectivity index (χ2n) is 7.10. The predicted molar refractivity (Wildman–Crippen MR) is 74.4 cm³/mol. The number of amides is 2. The van der Waals surface area contributed by atoms with Gasteiger partial charge in [0.1, 0.15) is 0 Å². The van der Waals surface area contributed by atoms with Crippen molar-refractivity contribution < 1.29 is 4.79 Å². The van der Waals surface area contributed by atoms with E-state index in [1.807, 2.05) is 12.2 Å². The Morgan fingerprint density at radius 3 is 2.26 bits per heavy atom. The third-order valence-corrected chi connectivity index (χ3v) is 5.46. The van der Waals surface area contributed by atoms with Crippen LogP contribution in [0.4, 0.5) is 4.79 Å². The van der Waals surface area contributed by atoms with E-state index in [1.54, 1.807) is 0 Å². The molecule has 4 saturated carbocycles. The second-order valence-corrected chi connectivity index (χ2v) is 7.10. The Balaban J connectivity index is 1.43. The van der Waals surface area contributed by atoms with Crippen molar-refractivity contribution in [3.05, 3.63) is 23.9 Å². The number of nitrogens with one attached hydrogen (secondary N) is 2. The lowest BCUT2D eigenvalue weighted by atomic mass is 9.53. The molecule has 3 heteroatoms. The molecule has 0 aromatic rings. The van der Waals surface area contributed by atoms with Gasteiger partial charge >= 0.3 is 6.03 Å². The monoisotopic (exact) mass is 258 g/mol. The number of carbonyl (C=O) groups excluding carboxylic acids is 1. The van der Waals surface area contributed by atoms with Gasteiger partial charge in [-0.3, -0.25) is 0 Å². The van der Waals surface area contributed by atoms with Crippen LogP contribution in [0.25, 0.3) is 0 Å². The zero-order valence-corrected chi connectivity index (χ0v) is 11.3. The maximum Gasteiger partial charge on any atom is 0.319 e. The van der Waals surface area contributed by atoms with E-state index in [2.05, 4.69) is 16.7 Å². The van der Waals surface area contributed by atoms with Gasteiger partial charge in [0.2, 0.25) is 0 Å². The molecule has 0 unspecified atom stereocenters. The van der Waals surface area contributed by atoms with E-state index >= 15 is 0 Å². The summed E-state index contributed by atoms with van der Waals surface area (Å²) >= 11 is 0. The summed E-state index contributed by atoms with van der Waals surface area (Å²) in [5, 5.41) is 6.34. The smallest absolute Gasteiger partial charge is 0.319 e. The largest absolute Gasteiger partial charge is 0.332 e. The Morgan fingerprint density at radius 2 is 1.74 bits per heavy atom. The summed E-state index contributed by atoms with van der Waals surface area (Å²) in [5.41, 5.74) is 1.13. The first-order valence-electron chi connectivity index (χ1n) is 7.66. The SMILES string of the molecule is O=C(NC1=CC=CC1)NC12CC3CC(CC(C3)C1)C2. The highest BCUT2D eigenvalue weighted by Gasteiger charge is 2.51. The molecular weight excluding hydrogens is 236 g/mol. The van der Waals surface area contributed by atoms with E-state index in [9.17, 15) is 4.79 Å². The van der Waals surface area contributed by atoms with Crippen LogP contribution in [0.2, 0.25) is 0 Å². The van der Waals surface area contributed by atoms with Gasteiger partial charge < -0.3 is 10.6 Å². The fourth-order valence-corrected chi connectivity index (χ4v) is 5.22. The fourth-order valence-electron chi connectivity index (χ4n) is 5.22. The van der Waals surface area contributed by atoms with E-state index in [4.69, 9.17) is 0 Å². The van der Waals surface area contributed by atoms with Crippen LogP contribution in [0.3, 0.4) is 0 Å². The van der Waals surface area contributed by atoms with E-state index in [-0.39, 0.29) is 11.6 Å². The number of hydrogen-bond acceptors (Lipinski definition) is 1. The molecule has 0 atom stereocenters. The number of allylic oxidation sites excluding steroid dienone is 3. The standard InChI is InChI=1S/C16H22N2O/c19-15(17-14-3-1-2-4-14)18-16-8-11-5-12(9-16)7-13(6-11)10-16/h1-3,11-13H,4-10H2,(H2,17,18,19). The summed E-state index contributed by atoms with van der Waals surface area (Å²) in [4.78, 5) is 12.2. The first-order chi connectivity index (χ1) is 9.21. The molecule has 19 heavy (non-hydrogen) atoms.